The molecule has 0 spiro atoms. The first-order valence-corrected chi connectivity index (χ1v) is 5.46. The van der Waals surface area contributed by atoms with Gasteiger partial charge in [0, 0.05) is 5.02 Å². The van der Waals surface area contributed by atoms with E-state index in [9.17, 15) is 0 Å². The summed E-state index contributed by atoms with van der Waals surface area (Å²) in [6, 6.07) is 5.75. The zero-order chi connectivity index (χ0) is 11.9. The standard InChI is InChI=1S/C12H14ClN3/c1-7-4-5-10(13)6-11(7)16-9(3)12(14)8(2)15-16/h4-6H,14H2,1-3H3. The van der Waals surface area contributed by atoms with Gasteiger partial charge in [-0.2, -0.15) is 5.10 Å². The van der Waals surface area contributed by atoms with E-state index in [1.54, 1.807) is 0 Å². The van der Waals surface area contributed by atoms with E-state index in [-0.39, 0.29) is 0 Å². The maximum atomic E-state index is 5.99. The quantitative estimate of drug-likeness (QED) is 0.826. The molecule has 0 amide bonds. The molecule has 0 aliphatic rings. The van der Waals surface area contributed by atoms with E-state index in [4.69, 9.17) is 17.3 Å². The van der Waals surface area contributed by atoms with Gasteiger partial charge in [-0.15, -0.1) is 0 Å². The average Bonchev–Trinajstić information content (AvgIpc) is 2.50. The maximum Gasteiger partial charge on any atom is 0.0830 e. The Balaban J connectivity index is 2.67. The fraction of sp³-hybridized carbons (Fsp3) is 0.250. The Morgan fingerprint density at radius 2 is 1.94 bits per heavy atom. The van der Waals surface area contributed by atoms with Gasteiger partial charge in [0.1, 0.15) is 0 Å². The summed E-state index contributed by atoms with van der Waals surface area (Å²) in [7, 11) is 0. The Hall–Kier alpha value is -1.48. The van der Waals surface area contributed by atoms with Gasteiger partial charge in [0.2, 0.25) is 0 Å². The fourth-order valence-electron chi connectivity index (χ4n) is 1.70. The van der Waals surface area contributed by atoms with E-state index in [2.05, 4.69) is 5.10 Å². The van der Waals surface area contributed by atoms with Crippen LogP contribution in [-0.2, 0) is 0 Å². The lowest BCUT2D eigenvalue weighted by Gasteiger charge is -2.08. The van der Waals surface area contributed by atoms with Gasteiger partial charge >= 0.3 is 0 Å². The lowest BCUT2D eigenvalue weighted by molar-refractivity contribution is 0.827. The molecule has 1 aromatic carbocycles. The van der Waals surface area contributed by atoms with Gasteiger partial charge in [-0.1, -0.05) is 17.7 Å². The Morgan fingerprint density at radius 1 is 1.25 bits per heavy atom. The first-order chi connectivity index (χ1) is 7.50. The Bertz CT molecular complexity index is 543. The summed E-state index contributed by atoms with van der Waals surface area (Å²) in [5, 5.41) is 5.12. The Labute approximate surface area is 99.8 Å². The summed E-state index contributed by atoms with van der Waals surface area (Å²) < 4.78 is 1.84. The second kappa shape index (κ2) is 3.83. The molecule has 2 N–H and O–H groups in total. The number of anilines is 1. The number of nitrogens with zero attached hydrogens (tertiary/aromatic N) is 2. The van der Waals surface area contributed by atoms with Crippen LogP contribution in [0.3, 0.4) is 0 Å². The lowest BCUT2D eigenvalue weighted by atomic mass is 10.2. The molecule has 0 fully saturated rings. The van der Waals surface area contributed by atoms with E-state index in [0.29, 0.717) is 5.02 Å². The molecular weight excluding hydrogens is 222 g/mol. The van der Waals surface area contributed by atoms with Gasteiger partial charge in [0.25, 0.3) is 0 Å². The van der Waals surface area contributed by atoms with Crippen molar-refractivity contribution in [2.24, 2.45) is 0 Å². The zero-order valence-electron chi connectivity index (χ0n) is 9.58. The second-order valence-corrected chi connectivity index (χ2v) is 4.36. The molecule has 0 saturated carbocycles. The number of aryl methyl sites for hydroxylation is 2. The van der Waals surface area contributed by atoms with Gasteiger partial charge in [0.15, 0.2) is 0 Å². The number of halogens is 1. The number of hydrogen-bond donors (Lipinski definition) is 1. The van der Waals surface area contributed by atoms with Crippen LogP contribution in [0.15, 0.2) is 18.2 Å². The van der Waals surface area contributed by atoms with Gasteiger partial charge in [-0.25, -0.2) is 4.68 Å². The van der Waals surface area contributed by atoms with Crippen LogP contribution in [0.1, 0.15) is 17.0 Å². The SMILES string of the molecule is Cc1ccc(Cl)cc1-n1nc(C)c(N)c1C. The van der Waals surface area contributed by atoms with Crippen molar-refractivity contribution in [3.8, 4) is 5.69 Å². The highest BCUT2D eigenvalue weighted by molar-refractivity contribution is 6.30. The smallest absolute Gasteiger partial charge is 0.0830 e. The largest absolute Gasteiger partial charge is 0.396 e. The third-order valence-corrected chi connectivity index (χ3v) is 2.98. The molecule has 2 rings (SSSR count). The minimum Gasteiger partial charge on any atom is -0.396 e. The number of benzene rings is 1. The summed E-state index contributed by atoms with van der Waals surface area (Å²) in [4.78, 5) is 0. The van der Waals surface area contributed by atoms with E-state index in [0.717, 1.165) is 28.3 Å². The third kappa shape index (κ3) is 1.67. The van der Waals surface area contributed by atoms with Crippen molar-refractivity contribution < 1.29 is 0 Å². The molecule has 84 valence electrons. The molecule has 1 heterocycles. The van der Waals surface area contributed by atoms with Crippen molar-refractivity contribution in [2.45, 2.75) is 20.8 Å². The van der Waals surface area contributed by atoms with Crippen LogP contribution in [0.4, 0.5) is 5.69 Å². The van der Waals surface area contributed by atoms with Crippen LogP contribution < -0.4 is 5.73 Å². The fourth-order valence-corrected chi connectivity index (χ4v) is 1.87. The molecule has 0 unspecified atom stereocenters. The van der Waals surface area contributed by atoms with Crippen LogP contribution in [-0.4, -0.2) is 9.78 Å². The number of nitrogens with two attached hydrogens (primary N) is 1. The van der Waals surface area contributed by atoms with Gasteiger partial charge in [-0.05, 0) is 38.5 Å². The number of nitrogen functional groups attached to an aromatic ring is 1. The first kappa shape index (κ1) is 11.0. The molecule has 16 heavy (non-hydrogen) atoms. The third-order valence-electron chi connectivity index (χ3n) is 2.75. The minimum absolute atomic E-state index is 0.701. The van der Waals surface area contributed by atoms with Gasteiger partial charge in [0.05, 0.1) is 22.8 Å². The van der Waals surface area contributed by atoms with E-state index in [1.165, 1.54) is 0 Å². The van der Waals surface area contributed by atoms with Crippen LogP contribution in [0.25, 0.3) is 5.69 Å². The topological polar surface area (TPSA) is 43.8 Å². The molecule has 3 nitrogen and oxygen atoms in total. The lowest BCUT2D eigenvalue weighted by Crippen LogP contribution is -2.01. The highest BCUT2D eigenvalue weighted by Gasteiger charge is 2.11. The van der Waals surface area contributed by atoms with Crippen molar-refractivity contribution in [3.05, 3.63) is 40.2 Å². The van der Waals surface area contributed by atoms with Gasteiger partial charge < -0.3 is 5.73 Å². The number of hydrogen-bond acceptors (Lipinski definition) is 2. The van der Waals surface area contributed by atoms with Crippen molar-refractivity contribution in [1.29, 1.82) is 0 Å². The van der Waals surface area contributed by atoms with Crippen LogP contribution in [0.5, 0.6) is 0 Å². The highest BCUT2D eigenvalue weighted by atomic mass is 35.5. The maximum absolute atomic E-state index is 5.99. The molecule has 4 heteroatoms. The predicted octanol–water partition coefficient (Wildman–Crippen LogP) is 3.03. The van der Waals surface area contributed by atoms with E-state index < -0.39 is 0 Å². The number of aromatic nitrogens is 2. The highest BCUT2D eigenvalue weighted by Crippen LogP contribution is 2.24. The summed E-state index contributed by atoms with van der Waals surface area (Å²) in [6.45, 7) is 5.88. The summed E-state index contributed by atoms with van der Waals surface area (Å²) >= 11 is 5.99. The average molecular weight is 236 g/mol. The second-order valence-electron chi connectivity index (χ2n) is 3.93. The summed E-state index contributed by atoms with van der Waals surface area (Å²) in [5.41, 5.74) is 10.5. The van der Waals surface area contributed by atoms with E-state index >= 15 is 0 Å². The molecule has 0 saturated heterocycles. The molecular formula is C12H14ClN3. The van der Waals surface area contributed by atoms with Crippen LogP contribution in [0.2, 0.25) is 5.02 Å². The molecule has 0 radical (unpaired) electrons. The minimum atomic E-state index is 0.701. The first-order valence-electron chi connectivity index (χ1n) is 5.09. The molecule has 0 bridgehead atoms. The molecule has 0 aliphatic carbocycles. The number of rotatable bonds is 1. The van der Waals surface area contributed by atoms with Crippen molar-refractivity contribution >= 4 is 17.3 Å². The molecule has 0 aliphatic heterocycles. The summed E-state index contributed by atoms with van der Waals surface area (Å²) in [5.74, 6) is 0. The normalized spacial score (nSPS) is 10.8. The van der Waals surface area contributed by atoms with Crippen molar-refractivity contribution in [2.75, 3.05) is 5.73 Å². The van der Waals surface area contributed by atoms with Crippen molar-refractivity contribution in [1.82, 2.24) is 9.78 Å². The van der Waals surface area contributed by atoms with Gasteiger partial charge in [-0.3, -0.25) is 0 Å². The summed E-state index contributed by atoms with van der Waals surface area (Å²) in [6.07, 6.45) is 0. The Kier molecular flexibility index (Phi) is 2.64. The van der Waals surface area contributed by atoms with Crippen molar-refractivity contribution in [3.63, 3.8) is 0 Å². The monoisotopic (exact) mass is 235 g/mol. The zero-order valence-corrected chi connectivity index (χ0v) is 10.3. The molecule has 1 aromatic heterocycles. The predicted molar refractivity (Wildman–Crippen MR) is 67.2 cm³/mol. The molecule has 2 aromatic rings. The van der Waals surface area contributed by atoms with Crippen LogP contribution in [0, 0.1) is 20.8 Å². The van der Waals surface area contributed by atoms with E-state index in [1.807, 2.05) is 43.7 Å². The van der Waals surface area contributed by atoms with Crippen LogP contribution >= 0.6 is 11.6 Å². The Morgan fingerprint density at radius 3 is 2.50 bits per heavy atom. The molecule has 0 atom stereocenters.